The van der Waals surface area contributed by atoms with Crippen molar-refractivity contribution in [1.82, 2.24) is 10.2 Å². The van der Waals surface area contributed by atoms with E-state index in [1.807, 2.05) is 12.1 Å². The Morgan fingerprint density at radius 3 is 2.52 bits per heavy atom. The lowest BCUT2D eigenvalue weighted by atomic mass is 10.2. The first-order valence-electron chi connectivity index (χ1n) is 7.71. The van der Waals surface area contributed by atoms with Crippen LogP contribution in [0, 0.1) is 10.1 Å². The fraction of sp³-hybridized carbons (Fsp3) is 0.118. The van der Waals surface area contributed by atoms with Crippen molar-refractivity contribution < 1.29 is 9.72 Å². The topological polar surface area (TPSA) is 98.0 Å². The van der Waals surface area contributed by atoms with Gasteiger partial charge in [-0.05, 0) is 17.7 Å². The molecule has 1 heterocycles. The number of non-ortho nitro benzene ring substituents is 1. The summed E-state index contributed by atoms with van der Waals surface area (Å²) in [5.41, 5.74) is 1.85. The zero-order chi connectivity index (χ0) is 19.2. The van der Waals surface area contributed by atoms with Crippen molar-refractivity contribution in [2.75, 3.05) is 11.1 Å². The molecular formula is C17H13ClN4O3S2. The van der Waals surface area contributed by atoms with Crippen LogP contribution in [0.4, 0.5) is 10.8 Å². The van der Waals surface area contributed by atoms with E-state index in [0.717, 1.165) is 11.1 Å². The summed E-state index contributed by atoms with van der Waals surface area (Å²) in [6, 6.07) is 13.5. The molecule has 0 saturated carbocycles. The number of thioether (sulfide) groups is 1. The van der Waals surface area contributed by atoms with Gasteiger partial charge in [0.05, 0.1) is 10.7 Å². The lowest BCUT2D eigenvalue weighted by Gasteiger charge is -2.02. The lowest BCUT2D eigenvalue weighted by Crippen LogP contribution is -2.13. The SMILES string of the molecule is O=C(CSCc1ccc([N+](=O)[O-])cc1)Nc1nnc(-c2ccc(Cl)cc2)s1. The van der Waals surface area contributed by atoms with Gasteiger partial charge in [-0.2, -0.15) is 0 Å². The number of benzene rings is 2. The summed E-state index contributed by atoms with van der Waals surface area (Å²) < 4.78 is 0. The monoisotopic (exact) mass is 420 g/mol. The molecule has 0 saturated heterocycles. The van der Waals surface area contributed by atoms with Crippen LogP contribution in [0.25, 0.3) is 10.6 Å². The van der Waals surface area contributed by atoms with Crippen molar-refractivity contribution in [2.24, 2.45) is 0 Å². The number of carbonyl (C=O) groups excluding carboxylic acids is 1. The van der Waals surface area contributed by atoms with Crippen LogP contribution < -0.4 is 5.32 Å². The van der Waals surface area contributed by atoms with Crippen LogP contribution >= 0.6 is 34.7 Å². The lowest BCUT2D eigenvalue weighted by molar-refractivity contribution is -0.384. The van der Waals surface area contributed by atoms with Crippen LogP contribution in [0.3, 0.4) is 0 Å². The van der Waals surface area contributed by atoms with Gasteiger partial charge in [0.15, 0.2) is 0 Å². The Kier molecular flexibility index (Phi) is 6.38. The second-order valence-electron chi connectivity index (χ2n) is 5.38. The highest BCUT2D eigenvalue weighted by Crippen LogP contribution is 2.27. The predicted molar refractivity (Wildman–Crippen MR) is 108 cm³/mol. The van der Waals surface area contributed by atoms with E-state index in [2.05, 4.69) is 15.5 Å². The van der Waals surface area contributed by atoms with Crippen LogP contribution in [0.5, 0.6) is 0 Å². The standard InChI is InChI=1S/C17H13ClN4O3S2/c18-13-5-3-12(4-6-13)16-20-21-17(27-16)19-15(23)10-26-9-11-1-7-14(8-2-11)22(24)25/h1-8H,9-10H2,(H,19,21,23). The van der Waals surface area contributed by atoms with Gasteiger partial charge >= 0.3 is 0 Å². The third-order valence-corrected chi connectivity index (χ3v) is 5.56. The molecule has 3 rings (SSSR count). The number of carbonyl (C=O) groups is 1. The van der Waals surface area contributed by atoms with Gasteiger partial charge in [0.2, 0.25) is 11.0 Å². The largest absolute Gasteiger partial charge is 0.300 e. The highest BCUT2D eigenvalue weighted by Gasteiger charge is 2.10. The fourth-order valence-electron chi connectivity index (χ4n) is 2.11. The molecule has 27 heavy (non-hydrogen) atoms. The second kappa shape index (κ2) is 8.94. The van der Waals surface area contributed by atoms with Gasteiger partial charge in [-0.1, -0.05) is 47.2 Å². The molecule has 0 fully saturated rings. The molecule has 0 unspecified atom stereocenters. The Bertz CT molecular complexity index is 946. The van der Waals surface area contributed by atoms with E-state index in [4.69, 9.17) is 11.6 Å². The van der Waals surface area contributed by atoms with Gasteiger partial charge in [0.1, 0.15) is 5.01 Å². The Morgan fingerprint density at radius 2 is 1.85 bits per heavy atom. The van der Waals surface area contributed by atoms with Gasteiger partial charge in [-0.15, -0.1) is 22.0 Å². The molecular weight excluding hydrogens is 408 g/mol. The molecule has 0 aliphatic rings. The number of anilines is 1. The maximum absolute atomic E-state index is 12.0. The van der Waals surface area contributed by atoms with E-state index in [-0.39, 0.29) is 17.3 Å². The molecule has 0 radical (unpaired) electrons. The molecule has 0 spiro atoms. The fourth-order valence-corrected chi connectivity index (χ4v) is 3.79. The maximum atomic E-state index is 12.0. The smallest absolute Gasteiger partial charge is 0.269 e. The van der Waals surface area contributed by atoms with Crippen molar-refractivity contribution >= 4 is 51.4 Å². The van der Waals surface area contributed by atoms with Crippen molar-refractivity contribution in [3.05, 3.63) is 69.2 Å². The van der Waals surface area contributed by atoms with Crippen LogP contribution in [-0.2, 0) is 10.5 Å². The highest BCUT2D eigenvalue weighted by molar-refractivity contribution is 7.99. The molecule has 7 nitrogen and oxygen atoms in total. The van der Waals surface area contributed by atoms with Crippen LogP contribution in [-0.4, -0.2) is 26.8 Å². The number of rotatable bonds is 7. The molecule has 1 N–H and O–H groups in total. The van der Waals surface area contributed by atoms with E-state index in [9.17, 15) is 14.9 Å². The van der Waals surface area contributed by atoms with Crippen molar-refractivity contribution in [3.8, 4) is 10.6 Å². The van der Waals surface area contributed by atoms with Gasteiger partial charge < -0.3 is 0 Å². The van der Waals surface area contributed by atoms with Gasteiger partial charge in [-0.25, -0.2) is 0 Å². The molecule has 0 bridgehead atoms. The van der Waals surface area contributed by atoms with Gasteiger partial charge in [0.25, 0.3) is 5.69 Å². The normalized spacial score (nSPS) is 10.6. The van der Waals surface area contributed by atoms with Crippen LogP contribution in [0.15, 0.2) is 48.5 Å². The Morgan fingerprint density at radius 1 is 1.15 bits per heavy atom. The summed E-state index contributed by atoms with van der Waals surface area (Å²) >= 11 is 8.56. The van der Waals surface area contributed by atoms with Crippen molar-refractivity contribution in [2.45, 2.75) is 5.75 Å². The number of halogens is 1. The number of aromatic nitrogens is 2. The molecule has 10 heteroatoms. The third-order valence-electron chi connectivity index (χ3n) is 3.41. The summed E-state index contributed by atoms with van der Waals surface area (Å²) in [5, 5.41) is 23.2. The maximum Gasteiger partial charge on any atom is 0.269 e. The molecule has 3 aromatic rings. The molecule has 1 amide bonds. The summed E-state index contributed by atoms with van der Waals surface area (Å²) in [7, 11) is 0. The predicted octanol–water partition coefficient (Wildman–Crippen LogP) is 4.64. The minimum atomic E-state index is -0.440. The van der Waals surface area contributed by atoms with E-state index in [1.54, 1.807) is 24.3 Å². The minimum absolute atomic E-state index is 0.0502. The average Bonchev–Trinajstić information content (AvgIpc) is 3.11. The second-order valence-corrected chi connectivity index (χ2v) is 7.78. The number of nitrogens with zero attached hydrogens (tertiary/aromatic N) is 3. The minimum Gasteiger partial charge on any atom is -0.300 e. The number of nitro groups is 1. The summed E-state index contributed by atoms with van der Waals surface area (Å²) in [5.74, 6) is 0.644. The number of nitrogens with one attached hydrogen (secondary N) is 1. The molecule has 0 aliphatic carbocycles. The van der Waals surface area contributed by atoms with Gasteiger partial charge in [0, 0.05) is 28.5 Å². The summed E-state index contributed by atoms with van der Waals surface area (Å²) in [6.07, 6.45) is 0. The molecule has 1 aromatic heterocycles. The molecule has 138 valence electrons. The van der Waals surface area contributed by atoms with E-state index in [1.165, 1.54) is 35.2 Å². The number of hydrogen-bond donors (Lipinski definition) is 1. The van der Waals surface area contributed by atoms with E-state index >= 15 is 0 Å². The third kappa shape index (κ3) is 5.49. The zero-order valence-corrected chi connectivity index (χ0v) is 16.2. The van der Waals surface area contributed by atoms with Crippen LogP contribution in [0.2, 0.25) is 5.02 Å². The Hall–Kier alpha value is -2.49. The summed E-state index contributed by atoms with van der Waals surface area (Å²) in [6.45, 7) is 0. The number of amides is 1. The molecule has 2 aromatic carbocycles. The number of nitro benzene ring substituents is 1. The quantitative estimate of drug-likeness (QED) is 0.441. The van der Waals surface area contributed by atoms with E-state index in [0.29, 0.717) is 20.9 Å². The van der Waals surface area contributed by atoms with Crippen molar-refractivity contribution in [3.63, 3.8) is 0 Å². The zero-order valence-electron chi connectivity index (χ0n) is 13.8. The first-order valence-corrected chi connectivity index (χ1v) is 10.1. The Balaban J connectivity index is 1.48. The first-order chi connectivity index (χ1) is 13.0. The van der Waals surface area contributed by atoms with E-state index < -0.39 is 4.92 Å². The summed E-state index contributed by atoms with van der Waals surface area (Å²) in [4.78, 5) is 22.2. The highest BCUT2D eigenvalue weighted by atomic mass is 35.5. The Labute approximate surface area is 167 Å². The van der Waals surface area contributed by atoms with Gasteiger partial charge in [-0.3, -0.25) is 20.2 Å². The first kappa shape index (κ1) is 19.3. The number of hydrogen-bond acceptors (Lipinski definition) is 7. The van der Waals surface area contributed by atoms with Crippen molar-refractivity contribution in [1.29, 1.82) is 0 Å². The van der Waals surface area contributed by atoms with Crippen LogP contribution in [0.1, 0.15) is 5.56 Å². The molecule has 0 aliphatic heterocycles. The molecule has 0 atom stereocenters. The average molecular weight is 421 g/mol.